The summed E-state index contributed by atoms with van der Waals surface area (Å²) in [7, 11) is -0.391. The van der Waals surface area contributed by atoms with Gasteiger partial charge in [0, 0.05) is 0 Å². The molecule has 0 bridgehead atoms. The Kier molecular flexibility index (Phi) is 6.83. The Balaban J connectivity index is 1.52. The zero-order valence-corrected chi connectivity index (χ0v) is 29.0. The zero-order valence-electron chi connectivity index (χ0n) is 26.4. The minimum absolute atomic E-state index is 0.297. The molecule has 0 N–H and O–H groups in total. The molecule has 3 aliphatic rings. The van der Waals surface area contributed by atoms with Crippen LogP contribution in [0.5, 0.6) is 0 Å². The molecule has 216 valence electrons. The first-order valence-corrected chi connectivity index (χ1v) is 19.7. The molecule has 0 amide bonds. The Morgan fingerprint density at radius 2 is 1.47 bits per heavy atom. The van der Waals surface area contributed by atoms with Crippen molar-refractivity contribution < 1.29 is 0 Å². The van der Waals surface area contributed by atoms with Crippen LogP contribution in [0.3, 0.4) is 0 Å². The molecule has 0 saturated carbocycles. The Hall–Kier alpha value is -2.57. The van der Waals surface area contributed by atoms with Gasteiger partial charge in [0.25, 0.3) is 0 Å². The van der Waals surface area contributed by atoms with E-state index in [-0.39, 0.29) is 0 Å². The van der Waals surface area contributed by atoms with E-state index in [0.29, 0.717) is 32.8 Å². The summed E-state index contributed by atoms with van der Waals surface area (Å²) in [4.78, 5) is 2.71. The molecule has 1 nitrogen and oxygen atoms in total. The maximum absolute atomic E-state index is 2.71. The van der Waals surface area contributed by atoms with Crippen molar-refractivity contribution in [2.75, 3.05) is 4.90 Å². The number of benzene rings is 4. The van der Waals surface area contributed by atoms with Gasteiger partial charge in [-0.05, 0) is 0 Å². The van der Waals surface area contributed by atoms with E-state index in [2.05, 4.69) is 113 Å². The van der Waals surface area contributed by atoms with Crippen molar-refractivity contribution in [1.29, 1.82) is 0 Å². The molecular formula is C39H41BNPSe. The third-order valence-electron chi connectivity index (χ3n) is 10.7. The molecule has 4 heterocycles. The minimum atomic E-state index is -0.391. The van der Waals surface area contributed by atoms with E-state index < -0.39 is 7.92 Å². The van der Waals surface area contributed by atoms with Gasteiger partial charge in [-0.15, -0.1) is 0 Å². The summed E-state index contributed by atoms with van der Waals surface area (Å²) in [6.45, 7) is 14.6. The van der Waals surface area contributed by atoms with Gasteiger partial charge in [0.1, 0.15) is 0 Å². The van der Waals surface area contributed by atoms with E-state index in [1.807, 2.05) is 0 Å². The van der Waals surface area contributed by atoms with Gasteiger partial charge in [0.2, 0.25) is 0 Å². The normalized spacial score (nSPS) is 19.5. The predicted molar refractivity (Wildman–Crippen MR) is 193 cm³/mol. The molecule has 0 radical (unpaired) electrons. The standard InChI is InChI=1S/C39H41BNPSe/c1-7-24-12-15-28(16-13-24)41-33-21-27(10-4)22-34-36(33)40(39-37(41)31-18-25(8-2)14-17-35(31)43-39)32-20-26(9-3)19-30-29(11-5)23(6)42(34)38(30)32/h12-23,29H,7-11H2,1-6H3. The van der Waals surface area contributed by atoms with Crippen molar-refractivity contribution in [3.05, 3.63) is 94.5 Å². The van der Waals surface area contributed by atoms with Crippen LogP contribution in [0.1, 0.15) is 81.7 Å². The van der Waals surface area contributed by atoms with Crippen molar-refractivity contribution in [2.45, 2.75) is 85.2 Å². The van der Waals surface area contributed by atoms with Gasteiger partial charge in [-0.2, -0.15) is 0 Å². The first kappa shape index (κ1) is 27.9. The second kappa shape index (κ2) is 10.5. The van der Waals surface area contributed by atoms with Crippen LogP contribution in [0.2, 0.25) is 0 Å². The molecule has 0 spiro atoms. The second-order valence-corrected chi connectivity index (χ2v) is 17.5. The Bertz CT molecular complexity index is 1900. The van der Waals surface area contributed by atoms with E-state index >= 15 is 0 Å². The van der Waals surface area contributed by atoms with Gasteiger partial charge in [0.05, 0.1) is 0 Å². The SMILES string of the molecule is CCc1ccc(N2c3cc(CC)cc4c3B(c3cc(CC)cc5c3P4C(C)C5CC)c3[se]c4ccc(CC)cc4c32)cc1. The molecule has 3 atom stereocenters. The molecule has 0 fully saturated rings. The Labute approximate surface area is 265 Å². The van der Waals surface area contributed by atoms with Crippen molar-refractivity contribution in [2.24, 2.45) is 0 Å². The monoisotopic (exact) mass is 645 g/mol. The fourth-order valence-corrected chi connectivity index (χ4v) is 14.7. The number of hydrogen-bond donors (Lipinski definition) is 0. The molecule has 8 rings (SSSR count). The van der Waals surface area contributed by atoms with E-state index in [9.17, 15) is 0 Å². The van der Waals surface area contributed by atoms with Crippen LogP contribution in [0, 0.1) is 0 Å². The number of rotatable bonds is 6. The first-order valence-electron chi connectivity index (χ1n) is 16.6. The summed E-state index contributed by atoms with van der Waals surface area (Å²) in [6, 6.07) is 27.4. The number of aryl methyl sites for hydroxylation is 4. The van der Waals surface area contributed by atoms with Crippen LogP contribution >= 0.6 is 7.92 Å². The Morgan fingerprint density at radius 3 is 2.16 bits per heavy atom. The number of fused-ring (bicyclic) bond motifs is 6. The fourth-order valence-electron chi connectivity index (χ4n) is 8.33. The maximum atomic E-state index is 2.71. The van der Waals surface area contributed by atoms with Crippen LogP contribution in [-0.2, 0) is 25.7 Å². The molecule has 5 aromatic rings. The van der Waals surface area contributed by atoms with Gasteiger partial charge in [-0.3, -0.25) is 0 Å². The van der Waals surface area contributed by atoms with Crippen molar-refractivity contribution in [3.8, 4) is 0 Å². The summed E-state index contributed by atoms with van der Waals surface area (Å²) in [5.41, 5.74) is 15.8. The summed E-state index contributed by atoms with van der Waals surface area (Å²) >= 11 is 0.297. The molecule has 3 aliphatic heterocycles. The van der Waals surface area contributed by atoms with Crippen molar-refractivity contribution in [1.82, 2.24) is 0 Å². The number of anilines is 3. The quantitative estimate of drug-likeness (QED) is 0.138. The molecule has 4 heteroatoms. The van der Waals surface area contributed by atoms with Gasteiger partial charge < -0.3 is 0 Å². The summed E-state index contributed by atoms with van der Waals surface area (Å²) < 4.78 is 3.25. The van der Waals surface area contributed by atoms with Gasteiger partial charge in [-0.25, -0.2) is 0 Å². The van der Waals surface area contributed by atoms with E-state index in [1.54, 1.807) is 35.7 Å². The third-order valence-corrected chi connectivity index (χ3v) is 16.3. The third kappa shape index (κ3) is 3.94. The number of nitrogens with zero attached hydrogens (tertiary/aromatic N) is 1. The molecule has 0 saturated heterocycles. The molecule has 3 unspecified atom stereocenters. The van der Waals surface area contributed by atoms with Crippen LogP contribution in [0.4, 0.5) is 17.1 Å². The molecular weight excluding hydrogens is 603 g/mol. The molecule has 43 heavy (non-hydrogen) atoms. The fraction of sp³-hybridized carbons (Fsp3) is 0.333. The van der Waals surface area contributed by atoms with Gasteiger partial charge in [0.15, 0.2) is 0 Å². The van der Waals surface area contributed by atoms with Crippen LogP contribution in [0.25, 0.3) is 9.65 Å². The zero-order chi connectivity index (χ0) is 29.6. The average molecular weight is 645 g/mol. The molecule has 4 aromatic carbocycles. The summed E-state index contributed by atoms with van der Waals surface area (Å²) in [6.07, 6.45) is 5.56. The van der Waals surface area contributed by atoms with E-state index in [1.165, 1.54) is 51.1 Å². The average Bonchev–Trinajstić information content (AvgIpc) is 3.56. The topological polar surface area (TPSA) is 3.24 Å². The van der Waals surface area contributed by atoms with Gasteiger partial charge >= 0.3 is 266 Å². The van der Waals surface area contributed by atoms with Crippen LogP contribution in [0.15, 0.2) is 66.7 Å². The predicted octanol–water partition coefficient (Wildman–Crippen LogP) is 7.09. The molecule has 1 aromatic heterocycles. The van der Waals surface area contributed by atoms with Crippen molar-refractivity contribution in [3.63, 3.8) is 0 Å². The number of hydrogen-bond acceptors (Lipinski definition) is 1. The molecule has 0 aliphatic carbocycles. The van der Waals surface area contributed by atoms with Gasteiger partial charge in [-0.1, -0.05) is 0 Å². The van der Waals surface area contributed by atoms with Crippen LogP contribution in [-0.4, -0.2) is 26.9 Å². The second-order valence-electron chi connectivity index (χ2n) is 12.8. The van der Waals surface area contributed by atoms with Crippen molar-refractivity contribution >= 4 is 81.7 Å². The summed E-state index contributed by atoms with van der Waals surface area (Å²) in [5.74, 6) is 0.664. The summed E-state index contributed by atoms with van der Waals surface area (Å²) in [5, 5.41) is 4.94. The first-order chi connectivity index (χ1) is 21.0. The van der Waals surface area contributed by atoms with Crippen LogP contribution < -0.4 is 30.8 Å². The Morgan fingerprint density at radius 1 is 0.767 bits per heavy atom. The van der Waals surface area contributed by atoms with E-state index in [4.69, 9.17) is 0 Å². The van der Waals surface area contributed by atoms with E-state index in [0.717, 1.165) is 25.7 Å².